The molecule has 6 N–H and O–H groups in total. The van der Waals surface area contributed by atoms with Crippen LogP contribution in [0.1, 0.15) is 142 Å². The van der Waals surface area contributed by atoms with Crippen LogP contribution >= 0.6 is 7.82 Å². The molecule has 1 saturated carbocycles. The van der Waals surface area contributed by atoms with Gasteiger partial charge in [-0.3, -0.25) is 18.6 Å². The normalized spacial score (nSPS) is 23.8. The van der Waals surface area contributed by atoms with Crippen molar-refractivity contribution in [3.8, 4) is 0 Å². The van der Waals surface area contributed by atoms with E-state index in [0.717, 1.165) is 89.9 Å². The van der Waals surface area contributed by atoms with Crippen LogP contribution in [0.5, 0.6) is 0 Å². The van der Waals surface area contributed by atoms with Crippen LogP contribution in [-0.2, 0) is 32.7 Å². The number of aliphatic hydroxyl groups excluding tert-OH is 5. The van der Waals surface area contributed by atoms with Gasteiger partial charge in [-0.25, -0.2) is 4.57 Å². The Morgan fingerprint density at radius 3 is 1.62 bits per heavy atom. The second-order valence-corrected chi connectivity index (χ2v) is 15.2. The van der Waals surface area contributed by atoms with E-state index in [1.54, 1.807) is 0 Å². The lowest BCUT2D eigenvalue weighted by Gasteiger charge is -2.41. The molecule has 0 saturated heterocycles. The number of aliphatic hydroxyl groups is 5. The van der Waals surface area contributed by atoms with Gasteiger partial charge in [0.2, 0.25) is 0 Å². The molecule has 0 bridgehead atoms. The number of phosphoric ester groups is 1. The average Bonchev–Trinajstić information content (AvgIpc) is 3.13. The van der Waals surface area contributed by atoms with E-state index in [9.17, 15) is 44.6 Å². The molecule has 53 heavy (non-hydrogen) atoms. The second kappa shape index (κ2) is 30.3. The average molecular weight is 777 g/mol. The van der Waals surface area contributed by atoms with Crippen molar-refractivity contribution in [1.29, 1.82) is 0 Å². The van der Waals surface area contributed by atoms with Crippen molar-refractivity contribution >= 4 is 19.8 Å². The van der Waals surface area contributed by atoms with Crippen LogP contribution in [0.15, 0.2) is 36.5 Å². The molecule has 13 nitrogen and oxygen atoms in total. The third kappa shape index (κ3) is 23.6. The molecule has 6 atom stereocenters. The molecule has 0 aliphatic heterocycles. The van der Waals surface area contributed by atoms with Crippen molar-refractivity contribution in [2.75, 3.05) is 13.2 Å². The summed E-state index contributed by atoms with van der Waals surface area (Å²) in [6.45, 7) is 3.13. The van der Waals surface area contributed by atoms with Crippen molar-refractivity contribution in [1.82, 2.24) is 0 Å². The lowest BCUT2D eigenvalue weighted by Crippen LogP contribution is -2.64. The molecule has 0 spiro atoms. The molecule has 0 radical (unpaired) electrons. The Bertz CT molecular complexity index is 1080. The minimum Gasteiger partial charge on any atom is -0.462 e. The second-order valence-electron chi connectivity index (χ2n) is 13.8. The highest BCUT2D eigenvalue weighted by Crippen LogP contribution is 2.47. The maximum Gasteiger partial charge on any atom is 0.472 e. The Morgan fingerprint density at radius 2 is 1.06 bits per heavy atom. The first kappa shape index (κ1) is 49.1. The Labute approximate surface area is 317 Å². The van der Waals surface area contributed by atoms with Gasteiger partial charge in [0.05, 0.1) is 6.61 Å². The largest absolute Gasteiger partial charge is 0.472 e. The number of carbonyl (C=O) groups excluding carboxylic acids is 2. The molecule has 14 heteroatoms. The molecule has 1 aliphatic rings. The number of unbranched alkanes of at least 4 members (excludes halogenated alkanes) is 13. The maximum absolute atomic E-state index is 12.7. The number of esters is 2. The molecule has 6 unspecified atom stereocenters. The van der Waals surface area contributed by atoms with Crippen molar-refractivity contribution in [2.45, 2.75) is 185 Å². The minimum absolute atomic E-state index is 0.0783. The third-order valence-electron chi connectivity index (χ3n) is 8.93. The monoisotopic (exact) mass is 776 g/mol. The van der Waals surface area contributed by atoms with Gasteiger partial charge in [-0.05, 0) is 57.8 Å². The van der Waals surface area contributed by atoms with Gasteiger partial charge in [0.25, 0.3) is 0 Å². The summed E-state index contributed by atoms with van der Waals surface area (Å²) in [5.74, 6) is -1.13. The summed E-state index contributed by atoms with van der Waals surface area (Å²) in [6, 6.07) is 0. The van der Waals surface area contributed by atoms with E-state index in [4.69, 9.17) is 18.5 Å². The Kier molecular flexibility index (Phi) is 28.1. The van der Waals surface area contributed by atoms with E-state index in [-0.39, 0.29) is 12.8 Å². The van der Waals surface area contributed by atoms with Crippen LogP contribution in [-0.4, -0.2) is 98.3 Å². The summed E-state index contributed by atoms with van der Waals surface area (Å²) >= 11 is 0. The number of carbonyl (C=O) groups is 2. The smallest absolute Gasteiger partial charge is 0.462 e. The molecule has 308 valence electrons. The summed E-state index contributed by atoms with van der Waals surface area (Å²) in [4.78, 5) is 35.4. The number of hydrogen-bond acceptors (Lipinski definition) is 12. The quantitative estimate of drug-likeness (QED) is 0.0199. The highest BCUT2D eigenvalue weighted by Gasteiger charge is 2.51. The van der Waals surface area contributed by atoms with Gasteiger partial charge in [-0.1, -0.05) is 108 Å². The van der Waals surface area contributed by atoms with Crippen molar-refractivity contribution in [3.63, 3.8) is 0 Å². The zero-order valence-corrected chi connectivity index (χ0v) is 32.9. The van der Waals surface area contributed by atoms with Crippen LogP contribution in [0.4, 0.5) is 0 Å². The van der Waals surface area contributed by atoms with E-state index in [0.29, 0.717) is 12.8 Å². The summed E-state index contributed by atoms with van der Waals surface area (Å²) in [7, 11) is -5.11. The molecule has 0 aromatic heterocycles. The predicted molar refractivity (Wildman–Crippen MR) is 203 cm³/mol. The fraction of sp³-hybridized carbons (Fsp3) is 0.795. The fourth-order valence-corrected chi connectivity index (χ4v) is 6.63. The highest BCUT2D eigenvalue weighted by molar-refractivity contribution is 7.47. The van der Waals surface area contributed by atoms with Crippen LogP contribution < -0.4 is 0 Å². The standard InChI is InChI=1S/C39H69O13P/c1-3-5-7-9-11-13-15-16-17-18-20-22-24-26-28-33(41)51-31(29-49-32(40)27-25-23-21-19-14-12-10-8-6-4-2)30-50-53(47,48)52-39-37(45)35(43)34(42)36(44)38(39)46/h8-11,15-16,31,34-39,42-46H,3-7,12-14,17-30H2,1-2H3,(H,47,48)/b10-8-,11-9-,16-15-. The van der Waals surface area contributed by atoms with Crippen LogP contribution in [0.25, 0.3) is 0 Å². The molecule has 0 aromatic rings. The Hall–Kier alpha value is -1.93. The SMILES string of the molecule is CCC/C=C\CCCCCCCC(=O)OCC(COP(=O)(O)OC1C(O)C(O)C(O)C(O)C1O)OC(=O)CCCCCCC/C=C\C/C=C\CCCC. The number of rotatable bonds is 31. The third-order valence-corrected chi connectivity index (χ3v) is 9.92. The van der Waals surface area contributed by atoms with Gasteiger partial charge in [0, 0.05) is 12.8 Å². The van der Waals surface area contributed by atoms with Crippen LogP contribution in [0.2, 0.25) is 0 Å². The topological polar surface area (TPSA) is 210 Å². The van der Waals surface area contributed by atoms with E-state index >= 15 is 0 Å². The number of phosphoric acid groups is 1. The number of allylic oxidation sites excluding steroid dienone is 6. The summed E-state index contributed by atoms with van der Waals surface area (Å²) < 4.78 is 33.3. The highest BCUT2D eigenvalue weighted by atomic mass is 31.2. The van der Waals surface area contributed by atoms with Crippen LogP contribution in [0.3, 0.4) is 0 Å². The van der Waals surface area contributed by atoms with Gasteiger partial charge in [0.15, 0.2) is 6.10 Å². The van der Waals surface area contributed by atoms with Gasteiger partial charge < -0.3 is 39.9 Å². The zero-order chi connectivity index (χ0) is 39.3. The minimum atomic E-state index is -5.11. The lowest BCUT2D eigenvalue weighted by atomic mass is 9.85. The molecule has 1 aliphatic carbocycles. The summed E-state index contributed by atoms with van der Waals surface area (Å²) in [5.41, 5.74) is 0. The van der Waals surface area contributed by atoms with Gasteiger partial charge in [-0.2, -0.15) is 0 Å². The number of ether oxygens (including phenoxy) is 2. The summed E-state index contributed by atoms with van der Waals surface area (Å²) in [5, 5.41) is 49.9. The maximum atomic E-state index is 12.7. The van der Waals surface area contributed by atoms with Gasteiger partial charge in [-0.15, -0.1) is 0 Å². The lowest BCUT2D eigenvalue weighted by molar-refractivity contribution is -0.220. The number of hydrogen-bond donors (Lipinski definition) is 6. The van der Waals surface area contributed by atoms with Crippen molar-refractivity contribution in [3.05, 3.63) is 36.5 Å². The van der Waals surface area contributed by atoms with Crippen molar-refractivity contribution < 1.29 is 63.1 Å². The Morgan fingerprint density at radius 1 is 0.585 bits per heavy atom. The first-order valence-electron chi connectivity index (χ1n) is 19.8. The van der Waals surface area contributed by atoms with Crippen LogP contribution in [0, 0.1) is 0 Å². The van der Waals surface area contributed by atoms with Crippen molar-refractivity contribution in [2.24, 2.45) is 0 Å². The first-order valence-corrected chi connectivity index (χ1v) is 21.3. The Balaban J connectivity index is 2.55. The summed E-state index contributed by atoms with van der Waals surface area (Å²) in [6.07, 6.45) is 18.0. The van der Waals surface area contributed by atoms with E-state index < -0.39 is 75.7 Å². The zero-order valence-electron chi connectivity index (χ0n) is 32.1. The predicted octanol–water partition coefficient (Wildman–Crippen LogP) is 6.27. The van der Waals surface area contributed by atoms with E-state index in [2.05, 4.69) is 50.3 Å². The molecule has 0 amide bonds. The van der Waals surface area contributed by atoms with E-state index in [1.165, 1.54) is 12.8 Å². The molecular weight excluding hydrogens is 707 g/mol. The van der Waals surface area contributed by atoms with E-state index in [1.807, 2.05) is 0 Å². The molecule has 0 heterocycles. The molecule has 1 fully saturated rings. The molecule has 0 aromatic carbocycles. The van der Waals surface area contributed by atoms with Gasteiger partial charge in [0.1, 0.15) is 43.2 Å². The first-order chi connectivity index (χ1) is 25.4. The molecule has 1 rings (SSSR count). The molecular formula is C39H69O13P. The van der Waals surface area contributed by atoms with Gasteiger partial charge >= 0.3 is 19.8 Å². The fourth-order valence-electron chi connectivity index (χ4n) is 5.66.